The lowest BCUT2D eigenvalue weighted by atomic mass is 10.0. The molecule has 0 fully saturated rings. The second kappa shape index (κ2) is 7.39. The number of fused-ring (bicyclic) bond motifs is 3. The van der Waals surface area contributed by atoms with Crippen molar-refractivity contribution in [3.63, 3.8) is 0 Å². The quantitative estimate of drug-likeness (QED) is 0.459. The molecule has 0 saturated carbocycles. The summed E-state index contributed by atoms with van der Waals surface area (Å²) in [7, 11) is 0. The predicted molar refractivity (Wildman–Crippen MR) is 94.5 cm³/mol. The summed E-state index contributed by atoms with van der Waals surface area (Å²) in [6.45, 7) is 5.06. The van der Waals surface area contributed by atoms with Crippen LogP contribution in [0.25, 0.3) is 21.7 Å². The normalized spacial score (nSPS) is 11.1. The van der Waals surface area contributed by atoms with E-state index in [1.165, 1.54) is 0 Å². The molecule has 0 aliphatic rings. The molecule has 1 aromatic heterocycles. The molecule has 0 N–H and O–H groups in total. The Labute approximate surface area is 141 Å². The lowest BCUT2D eigenvalue weighted by Gasteiger charge is -2.08. The highest BCUT2D eigenvalue weighted by Crippen LogP contribution is 2.32. The first kappa shape index (κ1) is 16.4. The second-order valence-electron chi connectivity index (χ2n) is 5.77. The first-order valence-electron chi connectivity index (χ1n) is 8.44. The second-order valence-corrected chi connectivity index (χ2v) is 5.77. The van der Waals surface area contributed by atoms with Crippen molar-refractivity contribution in [3.8, 4) is 5.75 Å². The van der Waals surface area contributed by atoms with Crippen molar-refractivity contribution in [1.29, 1.82) is 0 Å². The molecule has 1 heterocycles. The van der Waals surface area contributed by atoms with Crippen LogP contribution in [0.5, 0.6) is 5.75 Å². The van der Waals surface area contributed by atoms with Crippen LogP contribution in [-0.4, -0.2) is 19.2 Å². The van der Waals surface area contributed by atoms with E-state index < -0.39 is 0 Å². The molecule has 126 valence electrons. The Kier molecular flexibility index (Phi) is 5.04. The van der Waals surface area contributed by atoms with Gasteiger partial charge in [-0.3, -0.25) is 4.79 Å². The lowest BCUT2D eigenvalue weighted by molar-refractivity contribution is -0.142. The minimum Gasteiger partial charge on any atom is -0.494 e. The van der Waals surface area contributed by atoms with E-state index in [4.69, 9.17) is 13.9 Å². The van der Waals surface area contributed by atoms with Crippen LogP contribution in [-0.2, 0) is 16.0 Å². The number of benzene rings is 2. The lowest BCUT2D eigenvalue weighted by Crippen LogP contribution is -2.07. The number of carbonyl (C=O) groups excluding carboxylic acids is 1. The van der Waals surface area contributed by atoms with Gasteiger partial charge in [-0.15, -0.1) is 0 Å². The van der Waals surface area contributed by atoms with Crippen LogP contribution in [0.2, 0.25) is 0 Å². The number of furan rings is 1. The zero-order chi connectivity index (χ0) is 16.9. The Bertz CT molecular complexity index is 847. The molecule has 0 aliphatic carbocycles. The van der Waals surface area contributed by atoms with E-state index >= 15 is 0 Å². The van der Waals surface area contributed by atoms with Gasteiger partial charge < -0.3 is 13.9 Å². The molecular formula is C20H22O4. The third-order valence-corrected chi connectivity index (χ3v) is 4.01. The molecule has 0 bridgehead atoms. The van der Waals surface area contributed by atoms with Gasteiger partial charge in [0.15, 0.2) is 0 Å². The van der Waals surface area contributed by atoms with E-state index in [-0.39, 0.29) is 12.4 Å². The van der Waals surface area contributed by atoms with E-state index in [0.29, 0.717) is 6.61 Å². The zero-order valence-electron chi connectivity index (χ0n) is 14.1. The van der Waals surface area contributed by atoms with Crippen LogP contribution >= 0.6 is 0 Å². The third kappa shape index (κ3) is 3.37. The van der Waals surface area contributed by atoms with Gasteiger partial charge >= 0.3 is 5.97 Å². The van der Waals surface area contributed by atoms with Gasteiger partial charge in [-0.1, -0.05) is 19.4 Å². The van der Waals surface area contributed by atoms with Crippen molar-refractivity contribution in [2.75, 3.05) is 13.2 Å². The van der Waals surface area contributed by atoms with Crippen molar-refractivity contribution < 1.29 is 18.7 Å². The Balaban J connectivity index is 1.96. The van der Waals surface area contributed by atoms with Crippen LogP contribution in [0.3, 0.4) is 0 Å². The van der Waals surface area contributed by atoms with Crippen molar-refractivity contribution >= 4 is 27.7 Å². The number of rotatable bonds is 7. The van der Waals surface area contributed by atoms with Gasteiger partial charge in [-0.2, -0.15) is 0 Å². The molecule has 0 aliphatic heterocycles. The maximum atomic E-state index is 11.8. The van der Waals surface area contributed by atoms with Crippen LogP contribution in [0.15, 0.2) is 41.0 Å². The summed E-state index contributed by atoms with van der Waals surface area (Å²) in [6.07, 6.45) is 4.02. The van der Waals surface area contributed by atoms with Gasteiger partial charge in [0.25, 0.3) is 0 Å². The van der Waals surface area contributed by atoms with Crippen molar-refractivity contribution in [3.05, 3.63) is 42.2 Å². The largest absolute Gasteiger partial charge is 0.494 e. The van der Waals surface area contributed by atoms with Gasteiger partial charge in [0.05, 0.1) is 25.9 Å². The molecular weight excluding hydrogens is 304 g/mol. The number of unbranched alkanes of at least 4 members (excludes halogenated alkanes) is 1. The first-order chi connectivity index (χ1) is 11.7. The topological polar surface area (TPSA) is 48.7 Å². The standard InChI is InChI=1S/C20H22O4/c1-3-5-10-23-16-7-8-17-14(11-16)6-9-18-20(17)15(13-24-18)12-19(21)22-4-2/h6-9,11,13H,3-5,10,12H2,1-2H3. The average molecular weight is 326 g/mol. The van der Waals surface area contributed by atoms with Gasteiger partial charge in [-0.05, 0) is 48.4 Å². The van der Waals surface area contributed by atoms with E-state index in [0.717, 1.165) is 52.5 Å². The fraction of sp³-hybridized carbons (Fsp3) is 0.350. The predicted octanol–water partition coefficient (Wildman–Crippen LogP) is 4.87. The van der Waals surface area contributed by atoms with E-state index in [1.54, 1.807) is 13.2 Å². The first-order valence-corrected chi connectivity index (χ1v) is 8.44. The molecule has 3 rings (SSSR count). The molecule has 0 radical (unpaired) electrons. The molecule has 0 amide bonds. The van der Waals surface area contributed by atoms with Crippen LogP contribution in [0.4, 0.5) is 0 Å². The minimum atomic E-state index is -0.239. The number of hydrogen-bond donors (Lipinski definition) is 0. The number of carbonyl (C=O) groups is 1. The minimum absolute atomic E-state index is 0.217. The molecule has 0 spiro atoms. The third-order valence-electron chi connectivity index (χ3n) is 4.01. The molecule has 4 nitrogen and oxygen atoms in total. The Morgan fingerprint density at radius 2 is 2.04 bits per heavy atom. The summed E-state index contributed by atoms with van der Waals surface area (Å²) >= 11 is 0. The molecule has 3 aromatic rings. The van der Waals surface area contributed by atoms with E-state index in [2.05, 4.69) is 6.92 Å². The Morgan fingerprint density at radius 3 is 2.83 bits per heavy atom. The number of ether oxygens (including phenoxy) is 2. The molecule has 24 heavy (non-hydrogen) atoms. The van der Waals surface area contributed by atoms with E-state index in [1.807, 2.05) is 30.3 Å². The molecule has 0 atom stereocenters. The molecule has 0 saturated heterocycles. The van der Waals surface area contributed by atoms with Crippen molar-refractivity contribution in [1.82, 2.24) is 0 Å². The smallest absolute Gasteiger partial charge is 0.310 e. The maximum Gasteiger partial charge on any atom is 0.310 e. The highest BCUT2D eigenvalue weighted by molar-refractivity contribution is 6.08. The summed E-state index contributed by atoms with van der Waals surface area (Å²) in [6, 6.07) is 9.98. The van der Waals surface area contributed by atoms with Crippen molar-refractivity contribution in [2.45, 2.75) is 33.1 Å². The van der Waals surface area contributed by atoms with E-state index in [9.17, 15) is 4.79 Å². The fourth-order valence-corrected chi connectivity index (χ4v) is 2.83. The van der Waals surface area contributed by atoms with Crippen LogP contribution in [0, 0.1) is 0 Å². The number of hydrogen-bond acceptors (Lipinski definition) is 4. The van der Waals surface area contributed by atoms with Crippen LogP contribution < -0.4 is 4.74 Å². The summed E-state index contributed by atoms with van der Waals surface area (Å²) in [4.78, 5) is 11.8. The number of esters is 1. The summed E-state index contributed by atoms with van der Waals surface area (Å²) in [5, 5.41) is 3.10. The molecule has 0 unspecified atom stereocenters. The zero-order valence-corrected chi connectivity index (χ0v) is 14.1. The van der Waals surface area contributed by atoms with Gasteiger partial charge in [0.2, 0.25) is 0 Å². The highest BCUT2D eigenvalue weighted by atomic mass is 16.5. The van der Waals surface area contributed by atoms with Gasteiger partial charge in [0, 0.05) is 10.9 Å². The summed E-state index contributed by atoms with van der Waals surface area (Å²) in [5.41, 5.74) is 1.63. The van der Waals surface area contributed by atoms with Crippen molar-refractivity contribution in [2.24, 2.45) is 0 Å². The fourth-order valence-electron chi connectivity index (χ4n) is 2.83. The Morgan fingerprint density at radius 1 is 1.17 bits per heavy atom. The highest BCUT2D eigenvalue weighted by Gasteiger charge is 2.14. The summed E-state index contributed by atoms with van der Waals surface area (Å²) < 4.78 is 16.4. The van der Waals surface area contributed by atoms with Crippen LogP contribution in [0.1, 0.15) is 32.3 Å². The van der Waals surface area contributed by atoms with Gasteiger partial charge in [0.1, 0.15) is 11.3 Å². The monoisotopic (exact) mass is 326 g/mol. The molecule has 2 aromatic carbocycles. The SMILES string of the molecule is CCCCOc1ccc2c(ccc3occ(CC(=O)OCC)c32)c1. The van der Waals surface area contributed by atoms with Gasteiger partial charge in [-0.25, -0.2) is 0 Å². The summed E-state index contributed by atoms with van der Waals surface area (Å²) in [5.74, 6) is 0.627. The average Bonchev–Trinajstić information content (AvgIpc) is 2.98. The molecule has 4 heteroatoms. The Hall–Kier alpha value is -2.49. The maximum absolute atomic E-state index is 11.8.